The van der Waals surface area contributed by atoms with Crippen molar-refractivity contribution in [2.75, 3.05) is 18.0 Å². The molecular formula is C16H25ClN2. The van der Waals surface area contributed by atoms with Gasteiger partial charge in [0, 0.05) is 29.8 Å². The SMILES string of the molecule is CC(C)CNCc1ccc(N2CCCC2C)cc1Cl. The topological polar surface area (TPSA) is 15.3 Å². The first kappa shape index (κ1) is 14.7. The summed E-state index contributed by atoms with van der Waals surface area (Å²) in [6, 6.07) is 7.13. The van der Waals surface area contributed by atoms with Crippen LogP contribution in [-0.4, -0.2) is 19.1 Å². The average molecular weight is 281 g/mol. The van der Waals surface area contributed by atoms with Gasteiger partial charge in [-0.15, -0.1) is 0 Å². The molecule has 0 saturated carbocycles. The van der Waals surface area contributed by atoms with Crippen LogP contribution in [0.2, 0.25) is 5.02 Å². The number of rotatable bonds is 5. The van der Waals surface area contributed by atoms with Crippen molar-refractivity contribution in [2.45, 2.75) is 46.2 Å². The highest BCUT2D eigenvalue weighted by Gasteiger charge is 2.20. The van der Waals surface area contributed by atoms with Gasteiger partial charge in [-0.3, -0.25) is 0 Å². The Morgan fingerprint density at radius 3 is 2.79 bits per heavy atom. The molecule has 0 aromatic heterocycles. The van der Waals surface area contributed by atoms with Crippen LogP contribution in [-0.2, 0) is 6.54 Å². The van der Waals surface area contributed by atoms with Crippen LogP contribution in [0.15, 0.2) is 18.2 Å². The molecule has 19 heavy (non-hydrogen) atoms. The average Bonchev–Trinajstić information content (AvgIpc) is 2.77. The Bertz CT molecular complexity index is 417. The van der Waals surface area contributed by atoms with Crippen molar-refractivity contribution in [3.8, 4) is 0 Å². The first-order valence-electron chi connectivity index (χ1n) is 7.33. The summed E-state index contributed by atoms with van der Waals surface area (Å²) in [5.41, 5.74) is 2.46. The Labute approximate surface area is 122 Å². The van der Waals surface area contributed by atoms with Gasteiger partial charge in [-0.1, -0.05) is 31.5 Å². The fourth-order valence-corrected chi connectivity index (χ4v) is 2.91. The van der Waals surface area contributed by atoms with Gasteiger partial charge >= 0.3 is 0 Å². The van der Waals surface area contributed by atoms with Gasteiger partial charge in [0.2, 0.25) is 0 Å². The Morgan fingerprint density at radius 2 is 2.21 bits per heavy atom. The van der Waals surface area contributed by atoms with Crippen molar-refractivity contribution >= 4 is 17.3 Å². The van der Waals surface area contributed by atoms with Gasteiger partial charge in [0.05, 0.1) is 0 Å². The van der Waals surface area contributed by atoms with E-state index in [1.165, 1.54) is 24.1 Å². The zero-order valence-electron chi connectivity index (χ0n) is 12.2. The first-order chi connectivity index (χ1) is 9.08. The van der Waals surface area contributed by atoms with E-state index in [0.717, 1.165) is 24.7 Å². The molecular weight excluding hydrogens is 256 g/mol. The van der Waals surface area contributed by atoms with Gasteiger partial charge in [0.25, 0.3) is 0 Å². The highest BCUT2D eigenvalue weighted by atomic mass is 35.5. The Morgan fingerprint density at radius 1 is 1.42 bits per heavy atom. The number of halogens is 1. The summed E-state index contributed by atoms with van der Waals surface area (Å²) in [5.74, 6) is 0.670. The first-order valence-corrected chi connectivity index (χ1v) is 7.71. The molecule has 1 aromatic rings. The summed E-state index contributed by atoms with van der Waals surface area (Å²) in [6.07, 6.45) is 2.58. The van der Waals surface area contributed by atoms with E-state index in [2.05, 4.69) is 49.2 Å². The molecule has 1 aliphatic heterocycles. The third kappa shape index (κ3) is 3.87. The molecule has 1 aromatic carbocycles. The summed E-state index contributed by atoms with van der Waals surface area (Å²) < 4.78 is 0. The predicted molar refractivity (Wildman–Crippen MR) is 84.0 cm³/mol. The quantitative estimate of drug-likeness (QED) is 0.874. The van der Waals surface area contributed by atoms with E-state index in [-0.39, 0.29) is 0 Å². The van der Waals surface area contributed by atoms with Crippen LogP contribution >= 0.6 is 11.6 Å². The monoisotopic (exact) mass is 280 g/mol. The minimum Gasteiger partial charge on any atom is -0.369 e. The number of hydrogen-bond donors (Lipinski definition) is 1. The van der Waals surface area contributed by atoms with Gasteiger partial charge in [0.1, 0.15) is 0 Å². The number of anilines is 1. The van der Waals surface area contributed by atoms with Crippen LogP contribution in [0.25, 0.3) is 0 Å². The fourth-order valence-electron chi connectivity index (χ4n) is 2.67. The summed E-state index contributed by atoms with van der Waals surface area (Å²) in [4.78, 5) is 2.46. The van der Waals surface area contributed by atoms with Crippen LogP contribution in [0.3, 0.4) is 0 Å². The molecule has 1 N–H and O–H groups in total. The lowest BCUT2D eigenvalue weighted by Gasteiger charge is -2.24. The predicted octanol–water partition coefficient (Wildman–Crippen LogP) is 4.07. The third-order valence-electron chi connectivity index (χ3n) is 3.79. The van der Waals surface area contributed by atoms with E-state index in [1.54, 1.807) is 0 Å². The smallest absolute Gasteiger partial charge is 0.0471 e. The number of nitrogens with one attached hydrogen (secondary N) is 1. The minimum atomic E-state index is 0.640. The van der Waals surface area contributed by atoms with Crippen LogP contribution in [0.5, 0.6) is 0 Å². The Balaban J connectivity index is 2.00. The van der Waals surface area contributed by atoms with Crippen LogP contribution < -0.4 is 10.2 Å². The molecule has 1 unspecified atom stereocenters. The molecule has 1 saturated heterocycles. The third-order valence-corrected chi connectivity index (χ3v) is 4.14. The van der Waals surface area contributed by atoms with Crippen molar-refractivity contribution in [1.29, 1.82) is 0 Å². The Hall–Kier alpha value is -0.730. The second-order valence-electron chi connectivity index (χ2n) is 5.99. The van der Waals surface area contributed by atoms with E-state index < -0.39 is 0 Å². The summed E-state index contributed by atoms with van der Waals surface area (Å²) >= 11 is 6.40. The van der Waals surface area contributed by atoms with Crippen molar-refractivity contribution in [3.05, 3.63) is 28.8 Å². The maximum Gasteiger partial charge on any atom is 0.0471 e. The maximum atomic E-state index is 6.40. The summed E-state index contributed by atoms with van der Waals surface area (Å²) in [5, 5.41) is 4.32. The number of hydrogen-bond acceptors (Lipinski definition) is 2. The van der Waals surface area contributed by atoms with E-state index in [0.29, 0.717) is 12.0 Å². The standard InChI is InChI=1S/C16H25ClN2/c1-12(2)10-18-11-14-6-7-15(9-16(14)17)19-8-4-5-13(19)3/h6-7,9,12-13,18H,4-5,8,10-11H2,1-3H3. The highest BCUT2D eigenvalue weighted by molar-refractivity contribution is 6.31. The van der Waals surface area contributed by atoms with Crippen molar-refractivity contribution in [2.24, 2.45) is 5.92 Å². The molecule has 2 nitrogen and oxygen atoms in total. The molecule has 1 heterocycles. The lowest BCUT2D eigenvalue weighted by molar-refractivity contribution is 0.552. The molecule has 2 rings (SSSR count). The van der Waals surface area contributed by atoms with Gasteiger partial charge in [-0.05, 0) is 49.9 Å². The fraction of sp³-hybridized carbons (Fsp3) is 0.625. The Kier molecular flexibility index (Phi) is 5.12. The highest BCUT2D eigenvalue weighted by Crippen LogP contribution is 2.29. The maximum absolute atomic E-state index is 6.40. The molecule has 0 aliphatic carbocycles. The van der Waals surface area contributed by atoms with E-state index >= 15 is 0 Å². The molecule has 3 heteroatoms. The van der Waals surface area contributed by atoms with Crippen molar-refractivity contribution in [1.82, 2.24) is 5.32 Å². The molecule has 0 bridgehead atoms. The molecule has 0 spiro atoms. The lowest BCUT2D eigenvalue weighted by atomic mass is 10.1. The van der Waals surface area contributed by atoms with Crippen molar-refractivity contribution < 1.29 is 0 Å². The second kappa shape index (κ2) is 6.62. The van der Waals surface area contributed by atoms with Gasteiger partial charge < -0.3 is 10.2 Å². The van der Waals surface area contributed by atoms with Gasteiger partial charge in [0.15, 0.2) is 0 Å². The largest absolute Gasteiger partial charge is 0.369 e. The van der Waals surface area contributed by atoms with E-state index in [4.69, 9.17) is 11.6 Å². The van der Waals surface area contributed by atoms with E-state index in [1.807, 2.05) is 0 Å². The summed E-state index contributed by atoms with van der Waals surface area (Å²) in [7, 11) is 0. The number of benzene rings is 1. The molecule has 0 amide bonds. The van der Waals surface area contributed by atoms with Gasteiger partial charge in [-0.2, -0.15) is 0 Å². The molecule has 1 aliphatic rings. The minimum absolute atomic E-state index is 0.640. The zero-order valence-corrected chi connectivity index (χ0v) is 13.0. The van der Waals surface area contributed by atoms with E-state index in [9.17, 15) is 0 Å². The molecule has 106 valence electrons. The second-order valence-corrected chi connectivity index (χ2v) is 6.39. The molecule has 0 radical (unpaired) electrons. The van der Waals surface area contributed by atoms with Crippen LogP contribution in [0.4, 0.5) is 5.69 Å². The normalized spacial score (nSPS) is 19.4. The lowest BCUT2D eigenvalue weighted by Crippen LogP contribution is -2.26. The van der Waals surface area contributed by atoms with Gasteiger partial charge in [-0.25, -0.2) is 0 Å². The molecule has 1 fully saturated rings. The van der Waals surface area contributed by atoms with Crippen LogP contribution in [0, 0.1) is 5.92 Å². The molecule has 1 atom stereocenters. The summed E-state index contributed by atoms with van der Waals surface area (Å²) in [6.45, 7) is 9.76. The van der Waals surface area contributed by atoms with Crippen LogP contribution in [0.1, 0.15) is 39.2 Å². The number of nitrogens with zero attached hydrogens (tertiary/aromatic N) is 1. The van der Waals surface area contributed by atoms with Crippen molar-refractivity contribution in [3.63, 3.8) is 0 Å². The zero-order chi connectivity index (χ0) is 13.8.